The second-order valence-electron chi connectivity index (χ2n) is 6.03. The normalized spacial score (nSPS) is 21.5. The van der Waals surface area contributed by atoms with Gasteiger partial charge < -0.3 is 10.6 Å². The second-order valence-corrected chi connectivity index (χ2v) is 6.03. The summed E-state index contributed by atoms with van der Waals surface area (Å²) in [6, 6.07) is 12.7. The molecule has 1 aliphatic heterocycles. The molecule has 22 heavy (non-hydrogen) atoms. The first-order valence-electron chi connectivity index (χ1n) is 7.95. The van der Waals surface area contributed by atoms with Crippen molar-refractivity contribution in [2.24, 2.45) is 10.7 Å². The zero-order valence-corrected chi connectivity index (χ0v) is 12.5. The predicted octanol–water partition coefficient (Wildman–Crippen LogP) is 1.68. The lowest BCUT2D eigenvalue weighted by Crippen LogP contribution is -2.48. The number of benzene rings is 1. The van der Waals surface area contributed by atoms with Crippen molar-refractivity contribution in [3.05, 3.63) is 64.9 Å². The lowest BCUT2D eigenvalue weighted by atomic mass is 10.1. The Bertz CT molecular complexity index is 778. The van der Waals surface area contributed by atoms with Gasteiger partial charge in [0, 0.05) is 23.7 Å². The topological polar surface area (TPSA) is 54.5 Å². The van der Waals surface area contributed by atoms with Gasteiger partial charge >= 0.3 is 0 Å². The van der Waals surface area contributed by atoms with Gasteiger partial charge in [0.25, 0.3) is 0 Å². The average Bonchev–Trinajstić information content (AvgIpc) is 3.10. The molecule has 0 amide bonds. The second kappa shape index (κ2) is 5.44. The number of hydrogen-bond acceptors (Lipinski definition) is 4. The molecule has 1 saturated carbocycles. The molecular formula is C18H20N4. The van der Waals surface area contributed by atoms with Gasteiger partial charge in [0.05, 0.1) is 5.36 Å². The maximum absolute atomic E-state index is 6.57. The summed E-state index contributed by atoms with van der Waals surface area (Å²) in [5.74, 6) is 0.860. The highest BCUT2D eigenvalue weighted by Crippen LogP contribution is 2.34. The van der Waals surface area contributed by atoms with E-state index in [9.17, 15) is 0 Å². The maximum Gasteiger partial charge on any atom is 0.149 e. The van der Waals surface area contributed by atoms with E-state index in [1.165, 1.54) is 25.7 Å². The molecule has 0 saturated heterocycles. The van der Waals surface area contributed by atoms with E-state index in [1.807, 2.05) is 42.7 Å². The molecule has 2 aromatic rings. The molecule has 2 N–H and O–H groups in total. The first-order chi connectivity index (χ1) is 10.8. The molecule has 4 rings (SSSR count). The fourth-order valence-corrected chi connectivity index (χ4v) is 3.62. The molecule has 0 spiro atoms. The molecular weight excluding hydrogens is 272 g/mol. The van der Waals surface area contributed by atoms with E-state index in [1.54, 1.807) is 0 Å². The van der Waals surface area contributed by atoms with Crippen molar-refractivity contribution in [3.63, 3.8) is 0 Å². The lowest BCUT2D eigenvalue weighted by Gasteiger charge is -2.38. The molecule has 1 atom stereocenters. The van der Waals surface area contributed by atoms with Crippen molar-refractivity contribution < 1.29 is 0 Å². The van der Waals surface area contributed by atoms with Gasteiger partial charge in [-0.05, 0) is 42.7 Å². The standard InChI is InChI=1S/C18H20N4/c19-17-15-7-3-4-8-16(15)21-18(13-9-11-20-12-10-13)22(17)14-5-1-2-6-14/h3-4,7-12,14,18H,1-2,5-6,19H2. The predicted molar refractivity (Wildman–Crippen MR) is 85.9 cm³/mol. The van der Waals surface area contributed by atoms with E-state index in [0.29, 0.717) is 6.04 Å². The van der Waals surface area contributed by atoms with Crippen LogP contribution in [0.5, 0.6) is 0 Å². The number of rotatable bonds is 2. The highest BCUT2D eigenvalue weighted by atomic mass is 15.3. The van der Waals surface area contributed by atoms with Crippen molar-refractivity contribution in [3.8, 4) is 0 Å². The number of fused-ring (bicyclic) bond motifs is 1. The number of para-hydroxylation sites is 1. The summed E-state index contributed by atoms with van der Waals surface area (Å²) in [6.45, 7) is 0. The minimum Gasteiger partial charge on any atom is -0.385 e. The summed E-state index contributed by atoms with van der Waals surface area (Å²) in [7, 11) is 0. The van der Waals surface area contributed by atoms with E-state index in [4.69, 9.17) is 10.7 Å². The number of nitrogens with zero attached hydrogens (tertiary/aromatic N) is 3. The molecule has 4 heteroatoms. The van der Waals surface area contributed by atoms with Crippen LogP contribution in [0.3, 0.4) is 0 Å². The zero-order valence-electron chi connectivity index (χ0n) is 12.5. The Morgan fingerprint density at radius 2 is 1.73 bits per heavy atom. The van der Waals surface area contributed by atoms with Gasteiger partial charge in [0.15, 0.2) is 0 Å². The summed E-state index contributed by atoms with van der Waals surface area (Å²) in [4.78, 5) is 11.4. The van der Waals surface area contributed by atoms with Gasteiger partial charge in [-0.3, -0.25) is 9.98 Å². The van der Waals surface area contributed by atoms with Crippen LogP contribution in [0.2, 0.25) is 0 Å². The SMILES string of the molecule is NC1=c2ccccc2=NC(c2ccncc2)N1C1CCCC1. The Balaban J connectivity index is 1.90. The van der Waals surface area contributed by atoms with Crippen LogP contribution in [-0.4, -0.2) is 15.9 Å². The molecule has 1 aliphatic carbocycles. The van der Waals surface area contributed by atoms with E-state index >= 15 is 0 Å². The van der Waals surface area contributed by atoms with Crippen LogP contribution in [0.25, 0.3) is 5.82 Å². The van der Waals surface area contributed by atoms with Crippen molar-refractivity contribution in [2.45, 2.75) is 37.9 Å². The van der Waals surface area contributed by atoms with Crippen LogP contribution in [-0.2, 0) is 0 Å². The van der Waals surface area contributed by atoms with Crippen LogP contribution in [0.15, 0.2) is 53.8 Å². The minimum atomic E-state index is -0.0407. The zero-order chi connectivity index (χ0) is 14.9. The number of hydrogen-bond donors (Lipinski definition) is 1. The number of nitrogens with two attached hydrogens (primary N) is 1. The molecule has 2 heterocycles. The summed E-state index contributed by atoms with van der Waals surface area (Å²) in [5.41, 5.74) is 7.72. The molecule has 1 unspecified atom stereocenters. The molecule has 1 fully saturated rings. The monoisotopic (exact) mass is 292 g/mol. The quantitative estimate of drug-likeness (QED) is 0.916. The molecule has 1 aromatic carbocycles. The highest BCUT2D eigenvalue weighted by Gasteiger charge is 2.32. The van der Waals surface area contributed by atoms with Crippen molar-refractivity contribution in [2.75, 3.05) is 0 Å². The fraction of sp³-hybridized carbons (Fsp3) is 0.333. The van der Waals surface area contributed by atoms with E-state index < -0.39 is 0 Å². The van der Waals surface area contributed by atoms with Gasteiger partial charge in [-0.15, -0.1) is 0 Å². The van der Waals surface area contributed by atoms with Gasteiger partial charge in [-0.25, -0.2) is 0 Å². The Morgan fingerprint density at radius 3 is 2.50 bits per heavy atom. The van der Waals surface area contributed by atoms with Gasteiger partial charge in [-0.2, -0.15) is 0 Å². The molecule has 0 bridgehead atoms. The van der Waals surface area contributed by atoms with Crippen molar-refractivity contribution >= 4 is 5.82 Å². The van der Waals surface area contributed by atoms with E-state index in [-0.39, 0.29) is 6.17 Å². The van der Waals surface area contributed by atoms with Crippen LogP contribution >= 0.6 is 0 Å². The first kappa shape index (κ1) is 13.3. The first-order valence-corrected chi connectivity index (χ1v) is 7.95. The average molecular weight is 292 g/mol. The van der Waals surface area contributed by atoms with Crippen LogP contribution in [0.4, 0.5) is 0 Å². The van der Waals surface area contributed by atoms with E-state index in [0.717, 1.165) is 22.0 Å². The molecule has 2 aliphatic rings. The number of pyridine rings is 1. The van der Waals surface area contributed by atoms with Crippen molar-refractivity contribution in [1.82, 2.24) is 9.88 Å². The summed E-state index contributed by atoms with van der Waals surface area (Å²) in [5, 5.41) is 2.04. The van der Waals surface area contributed by atoms with E-state index in [2.05, 4.69) is 16.0 Å². The highest BCUT2D eigenvalue weighted by molar-refractivity contribution is 5.43. The van der Waals surface area contributed by atoms with Gasteiger partial charge in [0.2, 0.25) is 0 Å². The van der Waals surface area contributed by atoms with Crippen molar-refractivity contribution in [1.29, 1.82) is 0 Å². The Kier molecular flexibility index (Phi) is 3.29. The maximum atomic E-state index is 6.57. The third-order valence-corrected chi connectivity index (χ3v) is 4.71. The molecule has 1 aromatic heterocycles. The molecule has 112 valence electrons. The third-order valence-electron chi connectivity index (χ3n) is 4.71. The smallest absolute Gasteiger partial charge is 0.149 e. The Labute approximate surface area is 130 Å². The lowest BCUT2D eigenvalue weighted by molar-refractivity contribution is 0.214. The van der Waals surface area contributed by atoms with Gasteiger partial charge in [-0.1, -0.05) is 25.0 Å². The summed E-state index contributed by atoms with van der Waals surface area (Å²) >= 11 is 0. The summed E-state index contributed by atoms with van der Waals surface area (Å²) < 4.78 is 0. The number of aromatic nitrogens is 1. The van der Waals surface area contributed by atoms with Crippen LogP contribution < -0.4 is 16.3 Å². The summed E-state index contributed by atoms with van der Waals surface area (Å²) in [6.07, 6.45) is 8.56. The fourth-order valence-electron chi connectivity index (χ4n) is 3.62. The molecule has 4 nitrogen and oxygen atoms in total. The third kappa shape index (κ3) is 2.15. The minimum absolute atomic E-state index is 0.0407. The largest absolute Gasteiger partial charge is 0.385 e. The van der Waals surface area contributed by atoms with Crippen LogP contribution in [0, 0.1) is 0 Å². The van der Waals surface area contributed by atoms with Gasteiger partial charge in [0.1, 0.15) is 12.0 Å². The Morgan fingerprint density at radius 1 is 1.00 bits per heavy atom. The van der Waals surface area contributed by atoms with Crippen LogP contribution in [0.1, 0.15) is 37.4 Å². The Hall–Kier alpha value is -2.36. The molecule has 0 radical (unpaired) electrons.